The van der Waals surface area contributed by atoms with E-state index in [1.54, 1.807) is 0 Å². The first-order valence-electron chi connectivity index (χ1n) is 7.72. The fraction of sp³-hybridized carbons (Fsp3) is 0.368. The summed E-state index contributed by atoms with van der Waals surface area (Å²) in [5.74, 6) is 0.393. The summed E-state index contributed by atoms with van der Waals surface area (Å²) in [6.07, 6.45) is -0.304. The van der Waals surface area contributed by atoms with Gasteiger partial charge in [-0.3, -0.25) is 0 Å². The van der Waals surface area contributed by atoms with Crippen molar-refractivity contribution in [3.63, 3.8) is 0 Å². The summed E-state index contributed by atoms with van der Waals surface area (Å²) in [7, 11) is 0. The second-order valence-electron chi connectivity index (χ2n) is 6.15. The Kier molecular flexibility index (Phi) is 4.09. The van der Waals surface area contributed by atoms with Crippen molar-refractivity contribution in [2.75, 3.05) is 0 Å². The zero-order valence-electron chi connectivity index (χ0n) is 12.6. The van der Waals surface area contributed by atoms with E-state index in [0.29, 0.717) is 0 Å². The maximum absolute atomic E-state index is 10.7. The second-order valence-corrected chi connectivity index (χ2v) is 6.15. The zero-order chi connectivity index (χ0) is 14.8. The molecule has 0 bridgehead atoms. The third kappa shape index (κ3) is 2.74. The van der Waals surface area contributed by atoms with Gasteiger partial charge in [-0.2, -0.15) is 0 Å². The molecule has 1 heterocycles. The van der Waals surface area contributed by atoms with Gasteiger partial charge in [0.2, 0.25) is 0 Å². The fourth-order valence-electron chi connectivity index (χ4n) is 3.49. The van der Waals surface area contributed by atoms with E-state index in [0.717, 1.165) is 0 Å². The monoisotopic (exact) mass is 281 g/mol. The minimum absolute atomic E-state index is 0.183. The van der Waals surface area contributed by atoms with Crippen molar-refractivity contribution >= 4 is 0 Å². The first-order valence-corrected chi connectivity index (χ1v) is 7.72. The molecule has 4 atom stereocenters. The van der Waals surface area contributed by atoms with Crippen molar-refractivity contribution in [2.45, 2.75) is 32.0 Å². The smallest absolute Gasteiger partial charge is 0.0627 e. The first kappa shape index (κ1) is 14.3. The Morgan fingerprint density at radius 2 is 1.10 bits per heavy atom. The summed E-state index contributed by atoms with van der Waals surface area (Å²) in [4.78, 5) is 0. The third-order valence-electron chi connectivity index (χ3n) is 4.81. The summed E-state index contributed by atoms with van der Waals surface area (Å²) in [5, 5.41) is 14.4. The van der Waals surface area contributed by atoms with Crippen LogP contribution < -0.4 is 5.32 Å². The van der Waals surface area contributed by atoms with Crippen molar-refractivity contribution in [3.8, 4) is 0 Å². The zero-order valence-corrected chi connectivity index (χ0v) is 12.6. The van der Waals surface area contributed by atoms with Gasteiger partial charge in [0.25, 0.3) is 0 Å². The van der Waals surface area contributed by atoms with Crippen LogP contribution in [-0.2, 0) is 0 Å². The molecule has 3 rings (SSSR count). The molecule has 0 amide bonds. The largest absolute Gasteiger partial charge is 0.392 e. The molecule has 21 heavy (non-hydrogen) atoms. The molecule has 2 heteroatoms. The maximum atomic E-state index is 10.7. The number of piperidine rings is 1. The van der Waals surface area contributed by atoms with Gasteiger partial charge in [0.05, 0.1) is 6.10 Å². The van der Waals surface area contributed by atoms with E-state index in [1.807, 2.05) is 12.1 Å². The van der Waals surface area contributed by atoms with Gasteiger partial charge in [-0.15, -0.1) is 0 Å². The van der Waals surface area contributed by atoms with E-state index < -0.39 is 0 Å². The lowest BCUT2D eigenvalue weighted by molar-refractivity contribution is -0.00676. The average Bonchev–Trinajstić information content (AvgIpc) is 2.55. The molecular weight excluding hydrogens is 258 g/mol. The molecular formula is C19H23NO. The average molecular weight is 281 g/mol. The van der Waals surface area contributed by atoms with Crippen LogP contribution in [0, 0.1) is 11.8 Å². The molecule has 0 unspecified atom stereocenters. The molecule has 0 radical (unpaired) electrons. The predicted octanol–water partition coefficient (Wildman–Crippen LogP) is 3.71. The lowest BCUT2D eigenvalue weighted by Gasteiger charge is -2.44. The van der Waals surface area contributed by atoms with E-state index in [2.05, 4.69) is 67.7 Å². The van der Waals surface area contributed by atoms with Crippen LogP contribution in [-0.4, -0.2) is 11.2 Å². The normalized spacial score (nSPS) is 32.8. The predicted molar refractivity (Wildman–Crippen MR) is 85.8 cm³/mol. The Morgan fingerprint density at radius 1 is 0.714 bits per heavy atom. The Balaban J connectivity index is 1.93. The van der Waals surface area contributed by atoms with Crippen LogP contribution in [0.3, 0.4) is 0 Å². The summed E-state index contributed by atoms with van der Waals surface area (Å²) in [6.45, 7) is 4.26. The lowest BCUT2D eigenvalue weighted by Crippen LogP contribution is -2.48. The number of rotatable bonds is 2. The quantitative estimate of drug-likeness (QED) is 0.879. The van der Waals surface area contributed by atoms with Gasteiger partial charge in [0, 0.05) is 23.9 Å². The number of aliphatic hydroxyl groups excluding tert-OH is 1. The molecule has 0 saturated carbocycles. The third-order valence-corrected chi connectivity index (χ3v) is 4.81. The fourth-order valence-corrected chi connectivity index (χ4v) is 3.49. The summed E-state index contributed by atoms with van der Waals surface area (Å²) < 4.78 is 0. The van der Waals surface area contributed by atoms with Gasteiger partial charge in [-0.05, 0) is 11.1 Å². The van der Waals surface area contributed by atoms with Crippen LogP contribution in [0.5, 0.6) is 0 Å². The molecule has 0 aliphatic carbocycles. The Hall–Kier alpha value is -1.64. The van der Waals surface area contributed by atoms with Gasteiger partial charge < -0.3 is 10.4 Å². The van der Waals surface area contributed by atoms with Crippen molar-refractivity contribution in [1.82, 2.24) is 5.32 Å². The van der Waals surface area contributed by atoms with Gasteiger partial charge in [0.15, 0.2) is 0 Å². The molecule has 2 N–H and O–H groups in total. The van der Waals surface area contributed by atoms with Crippen molar-refractivity contribution in [2.24, 2.45) is 11.8 Å². The van der Waals surface area contributed by atoms with Crippen LogP contribution in [0.4, 0.5) is 0 Å². The van der Waals surface area contributed by atoms with Crippen molar-refractivity contribution in [3.05, 3.63) is 71.8 Å². The highest BCUT2D eigenvalue weighted by Gasteiger charge is 2.40. The SMILES string of the molecule is C[C@@H]1C(O)[C@@H](C)[C@@H](c2ccccc2)N[C@@H]1c1ccccc1. The standard InChI is InChI=1S/C19H23NO/c1-13-17(15-9-5-3-6-10-15)20-18(14(2)19(13)21)16-11-7-4-8-12-16/h3-14,17-21H,1-2H3/t13-,14-,17-,18-/m0/s1. The number of aliphatic hydroxyl groups is 1. The molecule has 1 aliphatic heterocycles. The minimum atomic E-state index is -0.304. The Bertz CT molecular complexity index is 517. The summed E-state index contributed by atoms with van der Waals surface area (Å²) >= 11 is 0. The Labute approximate surface area is 126 Å². The second kappa shape index (κ2) is 6.00. The highest BCUT2D eigenvalue weighted by molar-refractivity contribution is 5.26. The van der Waals surface area contributed by atoms with Crippen molar-refractivity contribution in [1.29, 1.82) is 0 Å². The van der Waals surface area contributed by atoms with Gasteiger partial charge in [0.1, 0.15) is 0 Å². The van der Waals surface area contributed by atoms with E-state index in [4.69, 9.17) is 0 Å². The van der Waals surface area contributed by atoms with Crippen LogP contribution in [0.1, 0.15) is 37.1 Å². The molecule has 110 valence electrons. The van der Waals surface area contributed by atoms with Crippen LogP contribution in [0.25, 0.3) is 0 Å². The van der Waals surface area contributed by atoms with Gasteiger partial charge in [-0.25, -0.2) is 0 Å². The van der Waals surface area contributed by atoms with Crippen LogP contribution in [0.15, 0.2) is 60.7 Å². The summed E-state index contributed by atoms with van der Waals surface area (Å²) in [5.41, 5.74) is 2.49. The molecule has 2 aromatic rings. The minimum Gasteiger partial charge on any atom is -0.392 e. The van der Waals surface area contributed by atoms with E-state index in [-0.39, 0.29) is 30.0 Å². The molecule has 1 saturated heterocycles. The number of benzene rings is 2. The number of nitrogens with one attached hydrogen (secondary N) is 1. The maximum Gasteiger partial charge on any atom is 0.0627 e. The number of hydrogen-bond acceptors (Lipinski definition) is 2. The molecule has 1 aliphatic rings. The van der Waals surface area contributed by atoms with Crippen LogP contribution in [0.2, 0.25) is 0 Å². The van der Waals surface area contributed by atoms with E-state index in [9.17, 15) is 5.11 Å². The van der Waals surface area contributed by atoms with E-state index >= 15 is 0 Å². The molecule has 2 nitrogen and oxygen atoms in total. The molecule has 0 aromatic heterocycles. The number of hydrogen-bond donors (Lipinski definition) is 2. The molecule has 0 spiro atoms. The van der Waals surface area contributed by atoms with E-state index in [1.165, 1.54) is 11.1 Å². The van der Waals surface area contributed by atoms with Gasteiger partial charge in [-0.1, -0.05) is 74.5 Å². The lowest BCUT2D eigenvalue weighted by atomic mass is 9.75. The molecule has 1 fully saturated rings. The van der Waals surface area contributed by atoms with Crippen LogP contribution >= 0.6 is 0 Å². The molecule has 2 aromatic carbocycles. The first-order chi connectivity index (χ1) is 10.2. The van der Waals surface area contributed by atoms with Crippen molar-refractivity contribution < 1.29 is 5.11 Å². The summed E-state index contributed by atoms with van der Waals surface area (Å²) in [6, 6.07) is 21.2. The topological polar surface area (TPSA) is 32.3 Å². The highest BCUT2D eigenvalue weighted by Crippen LogP contribution is 2.40. The Morgan fingerprint density at radius 3 is 1.48 bits per heavy atom. The highest BCUT2D eigenvalue weighted by atomic mass is 16.3. The van der Waals surface area contributed by atoms with Gasteiger partial charge >= 0.3 is 0 Å².